The average molecular weight is 291 g/mol. The monoisotopic (exact) mass is 289 g/mol. The quantitative estimate of drug-likeness (QED) is 0.799. The van der Waals surface area contributed by atoms with Gasteiger partial charge in [0.2, 0.25) is 5.91 Å². The van der Waals surface area contributed by atoms with Gasteiger partial charge in [0.05, 0.1) is 5.69 Å². The zero-order valence-electron chi connectivity index (χ0n) is 7.78. The molecule has 2 rings (SSSR count). The van der Waals surface area contributed by atoms with Gasteiger partial charge in [0, 0.05) is 29.7 Å². The number of carbonyl (C=O) groups is 1. The fourth-order valence-corrected chi connectivity index (χ4v) is 2.09. The van der Waals surface area contributed by atoms with Crippen LogP contribution >= 0.6 is 27.5 Å². The molecule has 1 fully saturated rings. The standard InChI is InChI=1S/C9H9BrClN3O/c10-5-1-7(9(11)13-3-5)14-4-6(12)2-8(14)15/h1,3,6H,2,4,12H2. The minimum Gasteiger partial charge on any atom is -0.326 e. The number of amides is 1. The lowest BCUT2D eigenvalue weighted by molar-refractivity contribution is -0.117. The van der Waals surface area contributed by atoms with Crippen molar-refractivity contribution in [1.29, 1.82) is 0 Å². The SMILES string of the molecule is NC1CC(=O)N(c2cc(Br)cnc2Cl)C1. The molecule has 0 radical (unpaired) electrons. The first kappa shape index (κ1) is 10.9. The molecule has 1 aliphatic heterocycles. The molecule has 2 N–H and O–H groups in total. The lowest BCUT2D eigenvalue weighted by atomic mass is 10.3. The number of nitrogens with two attached hydrogens (primary N) is 1. The van der Waals surface area contributed by atoms with Gasteiger partial charge in [0.15, 0.2) is 5.15 Å². The van der Waals surface area contributed by atoms with E-state index in [4.69, 9.17) is 17.3 Å². The maximum atomic E-state index is 11.6. The van der Waals surface area contributed by atoms with Crippen molar-refractivity contribution in [2.45, 2.75) is 12.5 Å². The van der Waals surface area contributed by atoms with Crippen molar-refractivity contribution in [2.24, 2.45) is 5.73 Å². The fraction of sp³-hybridized carbons (Fsp3) is 0.333. The number of anilines is 1. The van der Waals surface area contributed by atoms with Crippen molar-refractivity contribution in [3.8, 4) is 0 Å². The highest BCUT2D eigenvalue weighted by atomic mass is 79.9. The Balaban J connectivity index is 2.37. The van der Waals surface area contributed by atoms with Crippen molar-refractivity contribution in [1.82, 2.24) is 4.98 Å². The maximum Gasteiger partial charge on any atom is 0.228 e. The molecule has 1 aliphatic rings. The van der Waals surface area contributed by atoms with Gasteiger partial charge in [0.1, 0.15) is 0 Å². The largest absolute Gasteiger partial charge is 0.326 e. The molecule has 0 aromatic carbocycles. The van der Waals surface area contributed by atoms with E-state index in [2.05, 4.69) is 20.9 Å². The van der Waals surface area contributed by atoms with E-state index in [9.17, 15) is 4.79 Å². The van der Waals surface area contributed by atoms with Gasteiger partial charge in [0.25, 0.3) is 0 Å². The topological polar surface area (TPSA) is 59.2 Å². The van der Waals surface area contributed by atoms with Crippen LogP contribution < -0.4 is 10.6 Å². The number of pyridine rings is 1. The van der Waals surface area contributed by atoms with Crippen LogP contribution in [0.5, 0.6) is 0 Å². The normalized spacial score (nSPS) is 21.1. The second-order valence-electron chi connectivity index (χ2n) is 3.43. The van der Waals surface area contributed by atoms with Crippen molar-refractivity contribution in [3.63, 3.8) is 0 Å². The smallest absolute Gasteiger partial charge is 0.228 e. The summed E-state index contributed by atoms with van der Waals surface area (Å²) < 4.78 is 0.787. The van der Waals surface area contributed by atoms with Crippen LogP contribution in [0.2, 0.25) is 5.15 Å². The number of carbonyl (C=O) groups excluding carboxylic acids is 1. The van der Waals surface area contributed by atoms with E-state index in [0.29, 0.717) is 23.8 Å². The summed E-state index contributed by atoms with van der Waals surface area (Å²) in [6.45, 7) is 0.497. The summed E-state index contributed by atoms with van der Waals surface area (Å²) in [5.41, 5.74) is 6.32. The van der Waals surface area contributed by atoms with E-state index in [1.54, 1.807) is 17.2 Å². The van der Waals surface area contributed by atoms with Crippen LogP contribution in [-0.4, -0.2) is 23.5 Å². The van der Waals surface area contributed by atoms with Crippen molar-refractivity contribution in [2.75, 3.05) is 11.4 Å². The highest BCUT2D eigenvalue weighted by Gasteiger charge is 2.29. The van der Waals surface area contributed by atoms with Gasteiger partial charge in [-0.1, -0.05) is 11.6 Å². The number of hydrogen-bond donors (Lipinski definition) is 1. The highest BCUT2D eigenvalue weighted by molar-refractivity contribution is 9.10. The van der Waals surface area contributed by atoms with E-state index >= 15 is 0 Å². The van der Waals surface area contributed by atoms with Gasteiger partial charge in [-0.15, -0.1) is 0 Å². The Morgan fingerprint density at radius 1 is 1.67 bits per heavy atom. The lowest BCUT2D eigenvalue weighted by Gasteiger charge is -2.17. The first-order valence-electron chi connectivity index (χ1n) is 4.45. The van der Waals surface area contributed by atoms with Gasteiger partial charge in [-0.25, -0.2) is 4.98 Å². The Labute approximate surface area is 101 Å². The molecular formula is C9H9BrClN3O. The third kappa shape index (κ3) is 2.14. The molecule has 1 atom stereocenters. The Bertz CT molecular complexity index is 412. The average Bonchev–Trinajstić information content (AvgIpc) is 2.50. The van der Waals surface area contributed by atoms with Crippen LogP contribution in [0.4, 0.5) is 5.69 Å². The Kier molecular flexibility index (Phi) is 2.95. The number of halogens is 2. The van der Waals surface area contributed by atoms with Crippen LogP contribution in [0.25, 0.3) is 0 Å². The number of rotatable bonds is 1. The van der Waals surface area contributed by atoms with Gasteiger partial charge in [-0.2, -0.15) is 0 Å². The molecule has 6 heteroatoms. The fourth-order valence-electron chi connectivity index (χ4n) is 1.57. The summed E-state index contributed by atoms with van der Waals surface area (Å²) in [7, 11) is 0. The van der Waals surface area contributed by atoms with E-state index in [1.807, 2.05) is 0 Å². The minimum absolute atomic E-state index is 0.00991. The van der Waals surface area contributed by atoms with Crippen LogP contribution in [0, 0.1) is 0 Å². The van der Waals surface area contributed by atoms with Gasteiger partial charge in [-0.3, -0.25) is 4.79 Å². The Morgan fingerprint density at radius 3 is 3.00 bits per heavy atom. The van der Waals surface area contributed by atoms with E-state index in [0.717, 1.165) is 4.47 Å². The predicted octanol–water partition coefficient (Wildman–Crippen LogP) is 1.56. The van der Waals surface area contributed by atoms with Crippen molar-refractivity contribution in [3.05, 3.63) is 21.9 Å². The first-order valence-corrected chi connectivity index (χ1v) is 5.62. The van der Waals surface area contributed by atoms with E-state index < -0.39 is 0 Å². The zero-order chi connectivity index (χ0) is 11.0. The van der Waals surface area contributed by atoms with E-state index in [1.165, 1.54) is 0 Å². The molecule has 1 amide bonds. The van der Waals surface area contributed by atoms with Crippen LogP contribution in [0.15, 0.2) is 16.7 Å². The molecule has 0 bridgehead atoms. The third-order valence-corrected chi connectivity index (χ3v) is 2.96. The first-order chi connectivity index (χ1) is 7.08. The van der Waals surface area contributed by atoms with E-state index in [-0.39, 0.29) is 11.9 Å². The second-order valence-corrected chi connectivity index (χ2v) is 4.71. The van der Waals surface area contributed by atoms with Gasteiger partial charge >= 0.3 is 0 Å². The number of hydrogen-bond acceptors (Lipinski definition) is 3. The highest BCUT2D eigenvalue weighted by Crippen LogP contribution is 2.29. The molecule has 4 nitrogen and oxygen atoms in total. The molecule has 0 aliphatic carbocycles. The number of nitrogens with zero attached hydrogens (tertiary/aromatic N) is 2. The molecule has 0 spiro atoms. The van der Waals surface area contributed by atoms with Gasteiger partial charge < -0.3 is 10.6 Å². The zero-order valence-corrected chi connectivity index (χ0v) is 10.1. The molecule has 1 aromatic rings. The Hall–Kier alpha value is -0.650. The summed E-state index contributed by atoms with van der Waals surface area (Å²) >= 11 is 9.21. The molecule has 80 valence electrons. The summed E-state index contributed by atoms with van der Waals surface area (Å²) in [5, 5.41) is 0.320. The molecule has 2 heterocycles. The predicted molar refractivity (Wildman–Crippen MR) is 61.9 cm³/mol. The molecular weight excluding hydrogens is 281 g/mol. The maximum absolute atomic E-state index is 11.6. The molecule has 1 unspecified atom stereocenters. The van der Waals surface area contributed by atoms with Crippen molar-refractivity contribution >= 4 is 39.1 Å². The second kappa shape index (κ2) is 4.08. The number of aromatic nitrogens is 1. The third-order valence-electron chi connectivity index (χ3n) is 2.23. The molecule has 0 saturated carbocycles. The summed E-state index contributed by atoms with van der Waals surface area (Å²) in [6.07, 6.45) is 1.95. The minimum atomic E-state index is -0.118. The van der Waals surface area contributed by atoms with Crippen LogP contribution in [0.1, 0.15) is 6.42 Å². The van der Waals surface area contributed by atoms with Crippen LogP contribution in [-0.2, 0) is 4.79 Å². The van der Waals surface area contributed by atoms with Crippen LogP contribution in [0.3, 0.4) is 0 Å². The summed E-state index contributed by atoms with van der Waals surface area (Å²) in [5.74, 6) is -0.00991. The molecule has 1 saturated heterocycles. The van der Waals surface area contributed by atoms with Crippen molar-refractivity contribution < 1.29 is 4.79 Å². The van der Waals surface area contributed by atoms with Gasteiger partial charge in [-0.05, 0) is 22.0 Å². The summed E-state index contributed by atoms with van der Waals surface area (Å²) in [6, 6.07) is 1.65. The summed E-state index contributed by atoms with van der Waals surface area (Å²) in [4.78, 5) is 17.1. The Morgan fingerprint density at radius 2 is 2.40 bits per heavy atom. The lowest BCUT2D eigenvalue weighted by Crippen LogP contribution is -2.28. The molecule has 1 aromatic heterocycles. The molecule has 15 heavy (non-hydrogen) atoms.